The van der Waals surface area contributed by atoms with Gasteiger partial charge in [0.15, 0.2) is 0 Å². The van der Waals surface area contributed by atoms with Crippen molar-refractivity contribution in [2.75, 3.05) is 5.73 Å². The van der Waals surface area contributed by atoms with Crippen molar-refractivity contribution in [1.29, 1.82) is 0 Å². The Hall–Kier alpha value is -1.79. The van der Waals surface area contributed by atoms with E-state index < -0.39 is 7.12 Å². The van der Waals surface area contributed by atoms with Crippen LogP contribution in [0.3, 0.4) is 0 Å². The van der Waals surface area contributed by atoms with Crippen molar-refractivity contribution >= 4 is 18.4 Å². The second-order valence-electron chi connectivity index (χ2n) is 6.75. The van der Waals surface area contributed by atoms with Crippen LogP contribution in [0.4, 0.5) is 5.82 Å². The number of nitrogens with two attached hydrogens (primary N) is 1. The van der Waals surface area contributed by atoms with E-state index in [0.717, 1.165) is 16.7 Å². The summed E-state index contributed by atoms with van der Waals surface area (Å²) in [5, 5.41) is 4.47. The van der Waals surface area contributed by atoms with Crippen molar-refractivity contribution in [1.82, 2.24) is 9.78 Å². The fourth-order valence-corrected chi connectivity index (χ4v) is 2.52. The zero-order valence-electron chi connectivity index (χ0n) is 13.8. The van der Waals surface area contributed by atoms with Gasteiger partial charge >= 0.3 is 7.12 Å². The maximum atomic E-state index is 6.16. The van der Waals surface area contributed by atoms with Gasteiger partial charge in [-0.05, 0) is 33.2 Å². The molecule has 0 bridgehead atoms. The van der Waals surface area contributed by atoms with Gasteiger partial charge in [-0.1, -0.05) is 24.3 Å². The first-order chi connectivity index (χ1) is 10.2. The Morgan fingerprint density at radius 1 is 1.09 bits per heavy atom. The quantitative estimate of drug-likeness (QED) is 0.861. The van der Waals surface area contributed by atoms with Crippen LogP contribution in [0.15, 0.2) is 30.3 Å². The standard InChI is InChI=1S/C16H22BN3O2/c1-15(2)16(3,4)22-17(21-15)12-9-7-6-8-11(12)13-10-14(18)20(5)19-13/h6-10H,18H2,1-5H3. The monoisotopic (exact) mass is 299 g/mol. The van der Waals surface area contributed by atoms with E-state index in [1.54, 1.807) is 4.68 Å². The van der Waals surface area contributed by atoms with Crippen molar-refractivity contribution in [3.8, 4) is 11.3 Å². The number of benzene rings is 1. The van der Waals surface area contributed by atoms with Crippen LogP contribution in [0.2, 0.25) is 0 Å². The first kappa shape index (κ1) is 15.1. The molecule has 0 atom stereocenters. The lowest BCUT2D eigenvalue weighted by Gasteiger charge is -2.32. The number of nitrogen functional groups attached to an aromatic ring is 1. The molecule has 1 aliphatic rings. The highest BCUT2D eigenvalue weighted by Crippen LogP contribution is 2.37. The average Bonchev–Trinajstić information content (AvgIpc) is 2.87. The Balaban J connectivity index is 2.03. The maximum absolute atomic E-state index is 6.16. The third kappa shape index (κ3) is 2.32. The first-order valence-corrected chi connectivity index (χ1v) is 7.46. The van der Waals surface area contributed by atoms with E-state index >= 15 is 0 Å². The lowest BCUT2D eigenvalue weighted by molar-refractivity contribution is 0.00578. The summed E-state index contributed by atoms with van der Waals surface area (Å²) in [6, 6.07) is 9.86. The van der Waals surface area contributed by atoms with Gasteiger partial charge in [-0.15, -0.1) is 0 Å². The lowest BCUT2D eigenvalue weighted by Crippen LogP contribution is -2.41. The molecule has 2 N–H and O–H groups in total. The number of hydrogen-bond acceptors (Lipinski definition) is 4. The van der Waals surface area contributed by atoms with E-state index in [9.17, 15) is 0 Å². The number of anilines is 1. The Morgan fingerprint density at radius 2 is 1.68 bits per heavy atom. The van der Waals surface area contributed by atoms with Gasteiger partial charge in [0.2, 0.25) is 0 Å². The fourth-order valence-electron chi connectivity index (χ4n) is 2.52. The molecule has 0 unspecified atom stereocenters. The molecule has 5 nitrogen and oxygen atoms in total. The topological polar surface area (TPSA) is 62.3 Å². The minimum absolute atomic E-state index is 0.367. The predicted octanol–water partition coefficient (Wildman–Crippen LogP) is 1.97. The second kappa shape index (κ2) is 4.86. The molecule has 3 rings (SSSR count). The molecule has 116 valence electrons. The SMILES string of the molecule is Cn1nc(-c2ccccc2B2OC(C)(C)C(C)(C)O2)cc1N. The smallest absolute Gasteiger partial charge is 0.399 e. The Labute approximate surface area is 131 Å². The highest BCUT2D eigenvalue weighted by Gasteiger charge is 2.52. The van der Waals surface area contributed by atoms with Gasteiger partial charge in [0.05, 0.1) is 16.9 Å². The minimum atomic E-state index is -0.413. The third-order valence-corrected chi connectivity index (χ3v) is 4.66. The lowest BCUT2D eigenvalue weighted by atomic mass is 9.75. The van der Waals surface area contributed by atoms with E-state index in [2.05, 4.69) is 5.10 Å². The average molecular weight is 299 g/mol. The Morgan fingerprint density at radius 3 is 2.23 bits per heavy atom. The summed E-state index contributed by atoms with van der Waals surface area (Å²) in [7, 11) is 1.42. The van der Waals surface area contributed by atoms with Crippen molar-refractivity contribution in [3.05, 3.63) is 30.3 Å². The van der Waals surface area contributed by atoms with Gasteiger partial charge in [-0.3, -0.25) is 4.68 Å². The Kier molecular flexibility index (Phi) is 3.34. The molecular weight excluding hydrogens is 277 g/mol. The van der Waals surface area contributed by atoms with Gasteiger partial charge in [0.1, 0.15) is 5.82 Å². The predicted molar refractivity (Wildman–Crippen MR) is 88.8 cm³/mol. The molecule has 0 spiro atoms. The molecule has 2 aromatic rings. The number of rotatable bonds is 2. The van der Waals surface area contributed by atoms with Crippen molar-refractivity contribution < 1.29 is 9.31 Å². The van der Waals surface area contributed by atoms with Gasteiger partial charge in [0.25, 0.3) is 0 Å². The molecular formula is C16H22BN3O2. The third-order valence-electron chi connectivity index (χ3n) is 4.66. The molecule has 22 heavy (non-hydrogen) atoms. The molecule has 1 fully saturated rings. The van der Waals surface area contributed by atoms with Crippen LogP contribution in [-0.4, -0.2) is 28.1 Å². The van der Waals surface area contributed by atoms with Gasteiger partial charge in [-0.2, -0.15) is 5.10 Å². The van der Waals surface area contributed by atoms with Crippen molar-refractivity contribution in [2.24, 2.45) is 7.05 Å². The van der Waals surface area contributed by atoms with Gasteiger partial charge in [-0.25, -0.2) is 0 Å². The number of nitrogens with zero attached hydrogens (tertiary/aromatic N) is 2. The van der Waals surface area contributed by atoms with E-state index in [1.165, 1.54) is 0 Å². The number of aryl methyl sites for hydroxylation is 1. The summed E-state index contributed by atoms with van der Waals surface area (Å²) in [6.45, 7) is 8.20. The maximum Gasteiger partial charge on any atom is 0.495 e. The molecule has 2 heterocycles. The summed E-state index contributed by atoms with van der Waals surface area (Å²) >= 11 is 0. The van der Waals surface area contributed by atoms with Crippen LogP contribution in [0.5, 0.6) is 0 Å². The largest absolute Gasteiger partial charge is 0.495 e. The minimum Gasteiger partial charge on any atom is -0.399 e. The highest BCUT2D eigenvalue weighted by atomic mass is 16.7. The molecule has 0 radical (unpaired) electrons. The van der Waals surface area contributed by atoms with E-state index in [1.807, 2.05) is 65.1 Å². The molecule has 0 aliphatic carbocycles. The van der Waals surface area contributed by atoms with Crippen LogP contribution in [-0.2, 0) is 16.4 Å². The van der Waals surface area contributed by atoms with E-state index in [4.69, 9.17) is 15.0 Å². The molecule has 0 amide bonds. The zero-order chi connectivity index (χ0) is 16.1. The van der Waals surface area contributed by atoms with Crippen LogP contribution < -0.4 is 11.2 Å². The van der Waals surface area contributed by atoms with Crippen LogP contribution in [0.25, 0.3) is 11.3 Å². The summed E-state index contributed by atoms with van der Waals surface area (Å²) < 4.78 is 14.0. The van der Waals surface area contributed by atoms with Crippen molar-refractivity contribution in [3.63, 3.8) is 0 Å². The fraction of sp³-hybridized carbons (Fsp3) is 0.438. The second-order valence-corrected chi connectivity index (χ2v) is 6.75. The van der Waals surface area contributed by atoms with Gasteiger partial charge < -0.3 is 15.0 Å². The molecule has 1 saturated heterocycles. The molecule has 0 saturated carbocycles. The summed E-state index contributed by atoms with van der Waals surface area (Å²) in [5.74, 6) is 0.624. The first-order valence-electron chi connectivity index (χ1n) is 7.46. The van der Waals surface area contributed by atoms with Crippen molar-refractivity contribution in [2.45, 2.75) is 38.9 Å². The van der Waals surface area contributed by atoms with Crippen LogP contribution in [0.1, 0.15) is 27.7 Å². The Bertz CT molecular complexity index is 674. The molecule has 1 aromatic carbocycles. The molecule has 1 aliphatic heterocycles. The molecule has 6 heteroatoms. The summed E-state index contributed by atoms with van der Waals surface area (Å²) in [5.41, 5.74) is 7.95. The zero-order valence-corrected chi connectivity index (χ0v) is 13.8. The normalized spacial score (nSPS) is 19.6. The van der Waals surface area contributed by atoms with Gasteiger partial charge in [0, 0.05) is 18.7 Å². The number of aromatic nitrogens is 2. The van der Waals surface area contributed by atoms with E-state index in [-0.39, 0.29) is 11.2 Å². The van der Waals surface area contributed by atoms with Crippen LogP contribution >= 0.6 is 0 Å². The van der Waals surface area contributed by atoms with E-state index in [0.29, 0.717) is 5.82 Å². The highest BCUT2D eigenvalue weighted by molar-refractivity contribution is 6.63. The molecule has 1 aromatic heterocycles. The van der Waals surface area contributed by atoms with Crippen LogP contribution in [0, 0.1) is 0 Å². The summed E-state index contributed by atoms with van der Waals surface area (Å²) in [4.78, 5) is 0. The number of hydrogen-bond donors (Lipinski definition) is 1. The summed E-state index contributed by atoms with van der Waals surface area (Å²) in [6.07, 6.45) is 0.